The Morgan fingerprint density at radius 1 is 1.07 bits per heavy atom. The van der Waals surface area contributed by atoms with Crippen LogP contribution in [0.15, 0.2) is 62.8 Å². The summed E-state index contributed by atoms with van der Waals surface area (Å²) in [6.07, 6.45) is 3.31. The molecule has 2 aromatic carbocycles. The number of fused-ring (bicyclic) bond motifs is 1. The summed E-state index contributed by atoms with van der Waals surface area (Å²) in [5.41, 5.74) is 7.69. The van der Waals surface area contributed by atoms with E-state index in [9.17, 15) is 4.79 Å². The number of ether oxygens (including phenoxy) is 2. The molecule has 0 bridgehead atoms. The van der Waals surface area contributed by atoms with E-state index >= 15 is 0 Å². The topological polar surface area (TPSA) is 106 Å². The number of nitrogens with one attached hydrogen (secondary N) is 1. The summed E-state index contributed by atoms with van der Waals surface area (Å²) >= 11 is 1.75. The van der Waals surface area contributed by atoms with Crippen molar-refractivity contribution in [2.75, 3.05) is 25.6 Å². The summed E-state index contributed by atoms with van der Waals surface area (Å²) in [7, 11) is 1.60. The van der Waals surface area contributed by atoms with E-state index in [-0.39, 0.29) is 12.3 Å². The molecule has 4 rings (SSSR count). The number of methoxy groups -OCH3 is 1. The van der Waals surface area contributed by atoms with Crippen molar-refractivity contribution >= 4 is 47.0 Å². The van der Waals surface area contributed by atoms with Crippen molar-refractivity contribution in [2.45, 2.75) is 53.7 Å². The Kier molecular flexibility index (Phi) is 10.7. The van der Waals surface area contributed by atoms with Gasteiger partial charge in [0.1, 0.15) is 13.2 Å². The first-order valence-corrected chi connectivity index (χ1v) is 14.6. The Morgan fingerprint density at radius 3 is 2.55 bits per heavy atom. The summed E-state index contributed by atoms with van der Waals surface area (Å²) in [4.78, 5) is 26.1. The number of rotatable bonds is 12. The van der Waals surface area contributed by atoms with Gasteiger partial charge in [0.15, 0.2) is 0 Å². The first-order valence-electron chi connectivity index (χ1n) is 13.8. The molecule has 9 nitrogen and oxygen atoms in total. The molecule has 0 fully saturated rings. The quantitative estimate of drug-likeness (QED) is 0.156. The van der Waals surface area contributed by atoms with Crippen LogP contribution in [-0.4, -0.2) is 56.3 Å². The molecule has 1 N–H and O–H groups in total. The number of oxime groups is 1. The van der Waals surface area contributed by atoms with Crippen LogP contribution in [0.5, 0.6) is 0 Å². The van der Waals surface area contributed by atoms with Gasteiger partial charge in [0.25, 0.3) is 5.90 Å². The molecule has 1 aromatic heterocycles. The van der Waals surface area contributed by atoms with E-state index in [1.54, 1.807) is 37.8 Å². The molecule has 1 amide bonds. The van der Waals surface area contributed by atoms with Crippen molar-refractivity contribution in [1.82, 2.24) is 0 Å². The second kappa shape index (κ2) is 14.7. The Morgan fingerprint density at radius 2 is 1.86 bits per heavy atom. The maximum atomic E-state index is 13.3. The minimum Gasteiger partial charge on any atom is -0.470 e. The van der Waals surface area contributed by atoms with Crippen LogP contribution in [0.4, 0.5) is 5.69 Å². The van der Waals surface area contributed by atoms with Gasteiger partial charge in [-0.1, -0.05) is 29.8 Å². The lowest BCUT2D eigenvalue weighted by molar-refractivity contribution is -0.116. The molecular formula is C32H37N5O4S. The zero-order valence-electron chi connectivity index (χ0n) is 24.9. The zero-order chi connectivity index (χ0) is 30.1. The molecule has 10 heteroatoms. The van der Waals surface area contributed by atoms with Crippen molar-refractivity contribution in [3.05, 3.63) is 85.6 Å². The second-order valence-corrected chi connectivity index (χ2v) is 11.3. The maximum absolute atomic E-state index is 13.3. The standard InChI is InChI=1S/C32H37N5O4S/c1-7-33-34-18-27(36-31(24-10-8-20(2)9-11-24)30-21(3)22(4)42-23(30)5)17-29(38)35-26-12-13-28-25(16-26)19-40-32(28)37-41-15-14-39-6/h7-13,16,18,27H,14-15,17,19H2,1-6H3,(H,35,38)/b33-7+,34-18+,36-31-,37-32-/t27-/m0/s1. The predicted molar refractivity (Wildman–Crippen MR) is 171 cm³/mol. The fourth-order valence-electron chi connectivity index (χ4n) is 4.54. The van der Waals surface area contributed by atoms with Gasteiger partial charge in [0.2, 0.25) is 5.91 Å². The van der Waals surface area contributed by atoms with Gasteiger partial charge in [-0.2, -0.15) is 10.2 Å². The average molecular weight is 588 g/mol. The summed E-state index contributed by atoms with van der Waals surface area (Å²) in [5, 5.41) is 15.2. The summed E-state index contributed by atoms with van der Waals surface area (Å²) < 4.78 is 10.6. The van der Waals surface area contributed by atoms with Gasteiger partial charge in [0.05, 0.1) is 31.0 Å². The molecule has 0 aliphatic carbocycles. The van der Waals surface area contributed by atoms with E-state index in [1.165, 1.54) is 20.9 Å². The number of hydrogen-bond acceptors (Lipinski definition) is 9. The van der Waals surface area contributed by atoms with Crippen molar-refractivity contribution in [3.8, 4) is 0 Å². The highest BCUT2D eigenvalue weighted by molar-refractivity contribution is 7.12. The van der Waals surface area contributed by atoms with Crippen LogP contribution >= 0.6 is 11.3 Å². The van der Waals surface area contributed by atoms with Gasteiger partial charge in [-0.05, 0) is 63.5 Å². The van der Waals surface area contributed by atoms with Crippen LogP contribution in [-0.2, 0) is 25.7 Å². The van der Waals surface area contributed by atoms with Crippen molar-refractivity contribution in [2.24, 2.45) is 20.4 Å². The molecule has 0 spiro atoms. The molecule has 0 radical (unpaired) electrons. The second-order valence-electron chi connectivity index (χ2n) is 9.90. The molecule has 0 saturated carbocycles. The maximum Gasteiger partial charge on any atom is 0.258 e. The number of aryl methyl sites for hydroxylation is 3. The highest BCUT2D eigenvalue weighted by Gasteiger charge is 2.22. The fourth-order valence-corrected chi connectivity index (χ4v) is 5.61. The van der Waals surface area contributed by atoms with Gasteiger partial charge < -0.3 is 19.6 Å². The largest absolute Gasteiger partial charge is 0.470 e. The third-order valence-corrected chi connectivity index (χ3v) is 7.87. The van der Waals surface area contributed by atoms with Crippen molar-refractivity contribution in [1.29, 1.82) is 0 Å². The van der Waals surface area contributed by atoms with Crippen LogP contribution in [0.25, 0.3) is 0 Å². The number of amides is 1. The Balaban J connectivity index is 1.58. The molecule has 42 heavy (non-hydrogen) atoms. The normalized spacial score (nSPS) is 14.9. The fraction of sp³-hybridized carbons (Fsp3) is 0.344. The third-order valence-electron chi connectivity index (χ3n) is 6.74. The molecule has 2 heterocycles. The SMILES string of the molecule is C/C=N/N=C/[C@H](CC(=O)Nc1ccc2c(c1)CO/C2=N\OCCOC)/N=C(/c1ccc(C)cc1)c1c(C)sc(C)c1C. The molecule has 220 valence electrons. The number of aliphatic imine (C=N–C) groups is 1. The Bertz CT molecular complexity index is 1520. The smallest absolute Gasteiger partial charge is 0.258 e. The lowest BCUT2D eigenvalue weighted by atomic mass is 9.97. The van der Waals surface area contributed by atoms with Crippen LogP contribution < -0.4 is 5.32 Å². The average Bonchev–Trinajstić information content (AvgIpc) is 3.48. The van der Waals surface area contributed by atoms with Crippen LogP contribution in [0.3, 0.4) is 0 Å². The molecule has 1 atom stereocenters. The van der Waals surface area contributed by atoms with E-state index in [4.69, 9.17) is 19.3 Å². The first-order chi connectivity index (χ1) is 20.3. The van der Waals surface area contributed by atoms with Crippen LogP contribution in [0.1, 0.15) is 56.5 Å². The highest BCUT2D eigenvalue weighted by Crippen LogP contribution is 2.30. The Hall–Kier alpha value is -4.15. The van der Waals surface area contributed by atoms with E-state index in [0.29, 0.717) is 31.4 Å². The van der Waals surface area contributed by atoms with Gasteiger partial charge in [-0.15, -0.1) is 11.3 Å². The first kappa shape index (κ1) is 30.8. The number of hydrogen-bond donors (Lipinski definition) is 1. The highest BCUT2D eigenvalue weighted by atomic mass is 32.1. The molecule has 3 aromatic rings. The molecule has 0 unspecified atom stereocenters. The van der Waals surface area contributed by atoms with E-state index in [0.717, 1.165) is 28.0 Å². The molecule has 1 aliphatic heterocycles. The van der Waals surface area contributed by atoms with Gasteiger partial charge in [0, 0.05) is 51.0 Å². The Labute approximate surface area is 251 Å². The van der Waals surface area contributed by atoms with E-state index in [2.05, 4.69) is 72.6 Å². The summed E-state index contributed by atoms with van der Waals surface area (Å²) in [6, 6.07) is 13.3. The molecule has 1 aliphatic rings. The number of nitrogens with zero attached hydrogens (tertiary/aromatic N) is 4. The number of benzene rings is 2. The predicted octanol–water partition coefficient (Wildman–Crippen LogP) is 6.15. The minimum absolute atomic E-state index is 0.0902. The van der Waals surface area contributed by atoms with E-state index in [1.807, 2.05) is 18.2 Å². The lowest BCUT2D eigenvalue weighted by Gasteiger charge is -2.14. The molecule has 0 saturated heterocycles. The molecular weight excluding hydrogens is 550 g/mol. The minimum atomic E-state index is -0.537. The number of carbonyl (C=O) groups excluding carboxylic acids is 1. The van der Waals surface area contributed by atoms with Crippen LogP contribution in [0, 0.1) is 27.7 Å². The monoisotopic (exact) mass is 587 g/mol. The summed E-state index contributed by atoms with van der Waals surface area (Å²) in [5.74, 6) is 0.225. The zero-order valence-corrected chi connectivity index (χ0v) is 25.7. The number of anilines is 1. The van der Waals surface area contributed by atoms with Gasteiger partial charge >= 0.3 is 0 Å². The van der Waals surface area contributed by atoms with Crippen molar-refractivity contribution in [3.63, 3.8) is 0 Å². The number of thiophene rings is 1. The van der Waals surface area contributed by atoms with Crippen LogP contribution in [0.2, 0.25) is 0 Å². The van der Waals surface area contributed by atoms with Gasteiger partial charge in [-0.3, -0.25) is 9.79 Å². The van der Waals surface area contributed by atoms with Crippen molar-refractivity contribution < 1.29 is 19.1 Å². The van der Waals surface area contributed by atoms with E-state index < -0.39 is 6.04 Å². The van der Waals surface area contributed by atoms with Gasteiger partial charge in [-0.25, -0.2) is 0 Å². The summed E-state index contributed by atoms with van der Waals surface area (Å²) in [6.45, 7) is 11.3. The third kappa shape index (κ3) is 7.77. The number of carbonyl (C=O) groups is 1. The lowest BCUT2D eigenvalue weighted by Crippen LogP contribution is -2.22.